The predicted octanol–water partition coefficient (Wildman–Crippen LogP) is 4.98. The van der Waals surface area contributed by atoms with Gasteiger partial charge in [0, 0.05) is 25.0 Å². The standard InChI is InChI=1S/C19H22F3N3O2/c1-3-26-18-23-12-16(19(20,21)22)17(24-18)25(2)13-7-6-10-15(11-13)27-14-8-4-5-9-14/h6-7,10-12,14H,3-5,8-9H2,1-2H3. The van der Waals surface area contributed by atoms with Gasteiger partial charge in [0.05, 0.1) is 12.7 Å². The van der Waals surface area contributed by atoms with Crippen molar-refractivity contribution in [1.82, 2.24) is 9.97 Å². The lowest BCUT2D eigenvalue weighted by atomic mass is 10.2. The molecule has 8 heteroatoms. The number of rotatable bonds is 6. The third-order valence-corrected chi connectivity index (χ3v) is 4.45. The summed E-state index contributed by atoms with van der Waals surface area (Å²) in [5.41, 5.74) is -0.382. The molecule has 0 aliphatic heterocycles. The van der Waals surface area contributed by atoms with Crippen LogP contribution in [0, 0.1) is 0 Å². The summed E-state index contributed by atoms with van der Waals surface area (Å²) in [6, 6.07) is 6.91. The maximum Gasteiger partial charge on any atom is 0.421 e. The van der Waals surface area contributed by atoms with Gasteiger partial charge in [0.15, 0.2) is 5.82 Å². The summed E-state index contributed by atoms with van der Waals surface area (Å²) in [4.78, 5) is 8.99. The molecular formula is C19H22F3N3O2. The molecule has 1 aliphatic carbocycles. The molecule has 5 nitrogen and oxygen atoms in total. The monoisotopic (exact) mass is 381 g/mol. The van der Waals surface area contributed by atoms with Crippen molar-refractivity contribution >= 4 is 11.5 Å². The smallest absolute Gasteiger partial charge is 0.421 e. The van der Waals surface area contributed by atoms with E-state index in [0.717, 1.165) is 31.9 Å². The highest BCUT2D eigenvalue weighted by Gasteiger charge is 2.36. The number of ether oxygens (including phenoxy) is 2. The fraction of sp³-hybridized carbons (Fsp3) is 0.474. The molecule has 1 aliphatic rings. The van der Waals surface area contributed by atoms with Crippen LogP contribution in [0.4, 0.5) is 24.7 Å². The molecule has 1 aromatic carbocycles. The molecule has 1 heterocycles. The van der Waals surface area contributed by atoms with Gasteiger partial charge in [0.1, 0.15) is 11.3 Å². The first kappa shape index (κ1) is 19.3. The van der Waals surface area contributed by atoms with Crippen molar-refractivity contribution in [2.24, 2.45) is 0 Å². The highest BCUT2D eigenvalue weighted by molar-refractivity contribution is 5.64. The Morgan fingerprint density at radius 2 is 1.96 bits per heavy atom. The molecule has 0 saturated heterocycles. The first-order valence-electron chi connectivity index (χ1n) is 8.96. The lowest BCUT2D eigenvalue weighted by Gasteiger charge is -2.23. The number of hydrogen-bond donors (Lipinski definition) is 0. The molecule has 0 spiro atoms. The molecule has 1 fully saturated rings. The summed E-state index contributed by atoms with van der Waals surface area (Å²) in [6.07, 6.45) is 0.624. The van der Waals surface area contributed by atoms with E-state index >= 15 is 0 Å². The Kier molecular flexibility index (Phi) is 5.72. The largest absolute Gasteiger partial charge is 0.490 e. The van der Waals surface area contributed by atoms with Crippen LogP contribution in [0.3, 0.4) is 0 Å². The van der Waals surface area contributed by atoms with Crippen molar-refractivity contribution in [3.05, 3.63) is 36.0 Å². The Morgan fingerprint density at radius 1 is 1.22 bits per heavy atom. The number of hydrogen-bond acceptors (Lipinski definition) is 5. The number of alkyl halides is 3. The van der Waals surface area contributed by atoms with Crippen molar-refractivity contribution in [1.29, 1.82) is 0 Å². The van der Waals surface area contributed by atoms with Crippen LogP contribution < -0.4 is 14.4 Å². The van der Waals surface area contributed by atoms with Gasteiger partial charge in [-0.15, -0.1) is 0 Å². The molecule has 0 atom stereocenters. The first-order valence-corrected chi connectivity index (χ1v) is 8.96. The van der Waals surface area contributed by atoms with Crippen LogP contribution >= 0.6 is 0 Å². The van der Waals surface area contributed by atoms with Gasteiger partial charge in [-0.1, -0.05) is 6.07 Å². The molecule has 0 bridgehead atoms. The van der Waals surface area contributed by atoms with E-state index in [2.05, 4.69) is 9.97 Å². The Hall–Kier alpha value is -2.51. The van der Waals surface area contributed by atoms with E-state index < -0.39 is 11.7 Å². The summed E-state index contributed by atoms with van der Waals surface area (Å²) in [5.74, 6) is 0.373. The van der Waals surface area contributed by atoms with Crippen molar-refractivity contribution < 1.29 is 22.6 Å². The van der Waals surface area contributed by atoms with Crippen molar-refractivity contribution in [2.45, 2.75) is 44.9 Å². The number of nitrogens with zero attached hydrogens (tertiary/aromatic N) is 3. The molecule has 0 N–H and O–H groups in total. The van der Waals surface area contributed by atoms with E-state index in [1.54, 1.807) is 25.1 Å². The molecule has 1 aromatic heterocycles. The molecule has 1 saturated carbocycles. The maximum absolute atomic E-state index is 13.4. The highest BCUT2D eigenvalue weighted by atomic mass is 19.4. The lowest BCUT2D eigenvalue weighted by molar-refractivity contribution is -0.137. The minimum Gasteiger partial charge on any atom is -0.490 e. The van der Waals surface area contributed by atoms with Gasteiger partial charge in [-0.2, -0.15) is 18.2 Å². The van der Waals surface area contributed by atoms with Crippen LogP contribution in [0.25, 0.3) is 0 Å². The van der Waals surface area contributed by atoms with E-state index in [1.807, 2.05) is 6.07 Å². The Balaban J connectivity index is 1.92. The van der Waals surface area contributed by atoms with Crippen LogP contribution in [0.2, 0.25) is 0 Å². The van der Waals surface area contributed by atoms with Crippen LogP contribution in [0.5, 0.6) is 11.8 Å². The molecule has 0 radical (unpaired) electrons. The average Bonchev–Trinajstić information content (AvgIpc) is 3.13. The van der Waals surface area contributed by atoms with E-state index in [9.17, 15) is 13.2 Å². The summed E-state index contributed by atoms with van der Waals surface area (Å²) < 4.78 is 51.4. The average molecular weight is 381 g/mol. The van der Waals surface area contributed by atoms with Crippen LogP contribution in [0.1, 0.15) is 38.2 Å². The van der Waals surface area contributed by atoms with Crippen LogP contribution in [-0.4, -0.2) is 29.7 Å². The van der Waals surface area contributed by atoms with Gasteiger partial charge in [-0.05, 0) is 44.7 Å². The fourth-order valence-corrected chi connectivity index (χ4v) is 3.10. The second kappa shape index (κ2) is 8.02. The van der Waals surface area contributed by atoms with Crippen molar-refractivity contribution in [2.75, 3.05) is 18.6 Å². The van der Waals surface area contributed by atoms with Gasteiger partial charge in [-0.3, -0.25) is 0 Å². The van der Waals surface area contributed by atoms with Gasteiger partial charge in [0.2, 0.25) is 0 Å². The van der Waals surface area contributed by atoms with Gasteiger partial charge in [-0.25, -0.2) is 4.98 Å². The van der Waals surface area contributed by atoms with Crippen LogP contribution in [-0.2, 0) is 6.18 Å². The second-order valence-corrected chi connectivity index (χ2v) is 6.40. The molecule has 2 aromatic rings. The third-order valence-electron chi connectivity index (χ3n) is 4.45. The Morgan fingerprint density at radius 3 is 2.63 bits per heavy atom. The third kappa shape index (κ3) is 4.61. The molecule has 3 rings (SSSR count). The zero-order valence-corrected chi connectivity index (χ0v) is 15.3. The lowest BCUT2D eigenvalue weighted by Crippen LogP contribution is -2.19. The number of aromatic nitrogens is 2. The molecule has 0 unspecified atom stereocenters. The van der Waals surface area contributed by atoms with Gasteiger partial charge < -0.3 is 14.4 Å². The molecular weight excluding hydrogens is 359 g/mol. The topological polar surface area (TPSA) is 47.5 Å². The fourth-order valence-electron chi connectivity index (χ4n) is 3.10. The maximum atomic E-state index is 13.4. The van der Waals surface area contributed by atoms with Gasteiger partial charge in [0.25, 0.3) is 0 Å². The zero-order valence-electron chi connectivity index (χ0n) is 15.3. The Bertz CT molecular complexity index is 777. The van der Waals surface area contributed by atoms with Gasteiger partial charge >= 0.3 is 12.2 Å². The summed E-state index contributed by atoms with van der Waals surface area (Å²) in [6.45, 7) is 1.98. The number of halogens is 3. The quantitative estimate of drug-likeness (QED) is 0.706. The van der Waals surface area contributed by atoms with E-state index in [0.29, 0.717) is 11.4 Å². The predicted molar refractivity (Wildman–Crippen MR) is 95.6 cm³/mol. The summed E-state index contributed by atoms with van der Waals surface area (Å²) in [5, 5.41) is 0. The number of benzene rings is 1. The normalized spacial score (nSPS) is 15.0. The zero-order chi connectivity index (χ0) is 19.4. The Labute approximate surface area is 156 Å². The molecule has 146 valence electrons. The highest BCUT2D eigenvalue weighted by Crippen LogP contribution is 2.38. The molecule has 0 amide bonds. The number of anilines is 2. The minimum absolute atomic E-state index is 0.0919. The molecule has 27 heavy (non-hydrogen) atoms. The van der Waals surface area contributed by atoms with Crippen molar-refractivity contribution in [3.8, 4) is 11.8 Å². The first-order chi connectivity index (χ1) is 12.9. The van der Waals surface area contributed by atoms with E-state index in [-0.39, 0.29) is 24.5 Å². The van der Waals surface area contributed by atoms with Crippen LogP contribution in [0.15, 0.2) is 30.5 Å². The minimum atomic E-state index is -4.58. The van der Waals surface area contributed by atoms with E-state index in [1.165, 1.54) is 11.9 Å². The SMILES string of the molecule is CCOc1ncc(C(F)(F)F)c(N(C)c2cccc(OC3CCCC3)c2)n1. The second-order valence-electron chi connectivity index (χ2n) is 6.40. The summed E-state index contributed by atoms with van der Waals surface area (Å²) >= 11 is 0. The van der Waals surface area contributed by atoms with Crippen molar-refractivity contribution in [3.63, 3.8) is 0 Å². The summed E-state index contributed by atoms with van der Waals surface area (Å²) in [7, 11) is 1.53. The van der Waals surface area contributed by atoms with E-state index in [4.69, 9.17) is 9.47 Å².